The number of aliphatic carboxylic acids is 1. The topological polar surface area (TPSA) is 83.2 Å². The molecule has 0 amide bonds. The molecule has 2 aromatic carbocycles. The second kappa shape index (κ2) is 6.80. The third-order valence-corrected chi connectivity index (χ3v) is 3.73. The fourth-order valence-corrected chi connectivity index (χ4v) is 2.65. The highest BCUT2D eigenvalue weighted by Crippen LogP contribution is 2.27. The minimum absolute atomic E-state index is 0.398. The van der Waals surface area contributed by atoms with Crippen molar-refractivity contribution in [3.05, 3.63) is 71.5 Å². The average Bonchev–Trinajstić information content (AvgIpc) is 2.61. The van der Waals surface area contributed by atoms with E-state index in [2.05, 4.69) is 11.1 Å². The van der Waals surface area contributed by atoms with Crippen molar-refractivity contribution in [2.75, 3.05) is 6.61 Å². The van der Waals surface area contributed by atoms with Gasteiger partial charge in [-0.15, -0.1) is 0 Å². The second-order valence-electron chi connectivity index (χ2n) is 5.27. The quantitative estimate of drug-likeness (QED) is 0.781. The van der Waals surface area contributed by atoms with E-state index in [-0.39, 0.29) is 0 Å². The molecule has 0 aliphatic carbocycles. The Balaban J connectivity index is 2.00. The summed E-state index contributed by atoms with van der Waals surface area (Å²) in [5.74, 6) is -0.526. The van der Waals surface area contributed by atoms with Crippen molar-refractivity contribution in [3.8, 4) is 11.8 Å². The molecule has 0 aliphatic heterocycles. The van der Waals surface area contributed by atoms with Gasteiger partial charge < -0.3 is 9.84 Å². The lowest BCUT2D eigenvalue weighted by Crippen LogP contribution is -2.10. The Morgan fingerprint density at radius 2 is 1.92 bits per heavy atom. The molecule has 0 saturated carbocycles. The molecule has 1 aromatic heterocycles. The van der Waals surface area contributed by atoms with Gasteiger partial charge in [0.1, 0.15) is 5.75 Å². The standard InChI is InChI=1S/C19H14N2O3/c20-10-14-6-5-13(16-3-1-2-4-17(14)16)9-15-11-21-8-7-18(15)24-12-19(22)23/h1-8,11H,9,12H2,(H,22,23). The van der Waals surface area contributed by atoms with E-state index in [1.54, 1.807) is 24.5 Å². The van der Waals surface area contributed by atoms with Crippen molar-refractivity contribution >= 4 is 16.7 Å². The number of aromatic nitrogens is 1. The first-order valence-electron chi connectivity index (χ1n) is 7.37. The van der Waals surface area contributed by atoms with Crippen LogP contribution in [0.3, 0.4) is 0 Å². The van der Waals surface area contributed by atoms with Gasteiger partial charge in [0, 0.05) is 24.4 Å². The van der Waals surface area contributed by atoms with E-state index in [9.17, 15) is 10.1 Å². The van der Waals surface area contributed by atoms with E-state index < -0.39 is 12.6 Å². The fraction of sp³-hybridized carbons (Fsp3) is 0.105. The molecule has 1 heterocycles. The van der Waals surface area contributed by atoms with Crippen LogP contribution in [0.4, 0.5) is 0 Å². The highest BCUT2D eigenvalue weighted by atomic mass is 16.5. The first kappa shape index (κ1) is 15.5. The van der Waals surface area contributed by atoms with Gasteiger partial charge >= 0.3 is 5.97 Å². The second-order valence-corrected chi connectivity index (χ2v) is 5.27. The van der Waals surface area contributed by atoms with Gasteiger partial charge in [0.2, 0.25) is 0 Å². The van der Waals surface area contributed by atoms with Crippen LogP contribution in [-0.4, -0.2) is 22.7 Å². The van der Waals surface area contributed by atoms with E-state index in [0.29, 0.717) is 17.7 Å². The molecule has 118 valence electrons. The summed E-state index contributed by atoms with van der Waals surface area (Å²) in [6.07, 6.45) is 3.77. The Labute approximate surface area is 138 Å². The largest absolute Gasteiger partial charge is 0.481 e. The molecule has 24 heavy (non-hydrogen) atoms. The van der Waals surface area contributed by atoms with Gasteiger partial charge in [-0.05, 0) is 28.5 Å². The van der Waals surface area contributed by atoms with E-state index in [4.69, 9.17) is 9.84 Å². The fourth-order valence-electron chi connectivity index (χ4n) is 2.65. The molecule has 0 bridgehead atoms. The Hall–Kier alpha value is -3.39. The van der Waals surface area contributed by atoms with Crippen LogP contribution in [0.15, 0.2) is 54.9 Å². The van der Waals surface area contributed by atoms with E-state index in [1.807, 2.05) is 30.3 Å². The van der Waals surface area contributed by atoms with Crippen LogP contribution in [0.2, 0.25) is 0 Å². The summed E-state index contributed by atoms with van der Waals surface area (Å²) in [5, 5.41) is 19.9. The number of carbonyl (C=O) groups is 1. The zero-order chi connectivity index (χ0) is 16.9. The van der Waals surface area contributed by atoms with Gasteiger partial charge in [0.05, 0.1) is 11.6 Å². The smallest absolute Gasteiger partial charge is 0.341 e. The normalized spacial score (nSPS) is 10.3. The number of ether oxygens (including phenoxy) is 1. The van der Waals surface area contributed by atoms with Crippen LogP contribution in [0.25, 0.3) is 10.8 Å². The molecule has 0 radical (unpaired) electrons. The van der Waals surface area contributed by atoms with Crippen LogP contribution >= 0.6 is 0 Å². The summed E-state index contributed by atoms with van der Waals surface area (Å²) in [5.41, 5.74) is 2.45. The molecule has 3 aromatic rings. The molecule has 0 unspecified atom stereocenters. The first-order chi connectivity index (χ1) is 11.7. The maximum atomic E-state index is 10.7. The lowest BCUT2D eigenvalue weighted by molar-refractivity contribution is -0.139. The molecule has 3 rings (SSSR count). The Bertz CT molecular complexity index is 945. The van der Waals surface area contributed by atoms with Gasteiger partial charge in [0.25, 0.3) is 0 Å². The van der Waals surface area contributed by atoms with Gasteiger partial charge in [-0.2, -0.15) is 5.26 Å². The van der Waals surface area contributed by atoms with Crippen LogP contribution in [0.5, 0.6) is 5.75 Å². The lowest BCUT2D eigenvalue weighted by atomic mass is 9.96. The SMILES string of the molecule is N#Cc1ccc(Cc2cnccc2OCC(=O)O)c2ccccc12. The predicted molar refractivity (Wildman–Crippen MR) is 88.8 cm³/mol. The number of hydrogen-bond donors (Lipinski definition) is 1. The summed E-state index contributed by atoms with van der Waals surface area (Å²) in [4.78, 5) is 14.8. The van der Waals surface area contributed by atoms with E-state index >= 15 is 0 Å². The van der Waals surface area contributed by atoms with Crippen LogP contribution in [0.1, 0.15) is 16.7 Å². The Morgan fingerprint density at radius 3 is 2.67 bits per heavy atom. The highest BCUT2D eigenvalue weighted by molar-refractivity contribution is 5.90. The molecule has 5 heteroatoms. The minimum Gasteiger partial charge on any atom is -0.481 e. The number of carboxylic acid groups (broad SMARTS) is 1. The van der Waals surface area contributed by atoms with Crippen molar-refractivity contribution in [1.29, 1.82) is 5.26 Å². The minimum atomic E-state index is -1.03. The number of nitrogens with zero attached hydrogens (tertiary/aromatic N) is 2. The Kier molecular flexibility index (Phi) is 4.39. The van der Waals surface area contributed by atoms with Crippen LogP contribution < -0.4 is 4.74 Å². The van der Waals surface area contributed by atoms with Crippen molar-refractivity contribution < 1.29 is 14.6 Å². The predicted octanol–water partition coefficient (Wildman–Crippen LogP) is 3.16. The Morgan fingerprint density at radius 1 is 1.12 bits per heavy atom. The van der Waals surface area contributed by atoms with Crippen molar-refractivity contribution in [3.63, 3.8) is 0 Å². The lowest BCUT2D eigenvalue weighted by Gasteiger charge is -2.12. The number of pyridine rings is 1. The molecule has 0 fully saturated rings. The number of fused-ring (bicyclic) bond motifs is 1. The van der Waals surface area contributed by atoms with Crippen LogP contribution in [-0.2, 0) is 11.2 Å². The van der Waals surface area contributed by atoms with Crippen molar-refractivity contribution in [2.45, 2.75) is 6.42 Å². The first-order valence-corrected chi connectivity index (χ1v) is 7.37. The van der Waals surface area contributed by atoms with Crippen molar-refractivity contribution in [2.24, 2.45) is 0 Å². The molecular weight excluding hydrogens is 304 g/mol. The zero-order valence-electron chi connectivity index (χ0n) is 12.8. The summed E-state index contributed by atoms with van der Waals surface area (Å²) in [6.45, 7) is -0.398. The summed E-state index contributed by atoms with van der Waals surface area (Å²) in [7, 11) is 0. The number of benzene rings is 2. The molecule has 0 saturated heterocycles. The third kappa shape index (κ3) is 3.18. The van der Waals surface area contributed by atoms with Crippen LogP contribution in [0, 0.1) is 11.3 Å². The zero-order valence-corrected chi connectivity index (χ0v) is 12.8. The van der Waals surface area contributed by atoms with Gasteiger partial charge in [-0.25, -0.2) is 4.79 Å². The van der Waals surface area contributed by atoms with Crippen molar-refractivity contribution in [1.82, 2.24) is 4.98 Å². The molecule has 5 nitrogen and oxygen atoms in total. The average molecular weight is 318 g/mol. The molecule has 1 N–H and O–H groups in total. The van der Waals surface area contributed by atoms with Gasteiger partial charge in [-0.1, -0.05) is 30.3 Å². The summed E-state index contributed by atoms with van der Waals surface area (Å²) in [6, 6.07) is 15.3. The maximum Gasteiger partial charge on any atom is 0.341 e. The third-order valence-electron chi connectivity index (χ3n) is 3.73. The number of carboxylic acids is 1. The highest BCUT2D eigenvalue weighted by Gasteiger charge is 2.10. The maximum absolute atomic E-state index is 10.7. The molecule has 0 aliphatic rings. The van der Waals surface area contributed by atoms with E-state index in [1.165, 1.54) is 0 Å². The monoisotopic (exact) mass is 318 g/mol. The summed E-state index contributed by atoms with van der Waals surface area (Å²) >= 11 is 0. The molecular formula is C19H14N2O3. The molecule has 0 spiro atoms. The number of hydrogen-bond acceptors (Lipinski definition) is 4. The van der Waals surface area contributed by atoms with Gasteiger partial charge in [-0.3, -0.25) is 4.98 Å². The van der Waals surface area contributed by atoms with E-state index in [0.717, 1.165) is 21.9 Å². The number of nitriles is 1. The molecule has 0 atom stereocenters. The number of rotatable bonds is 5. The summed E-state index contributed by atoms with van der Waals surface area (Å²) < 4.78 is 5.34. The van der Waals surface area contributed by atoms with Gasteiger partial charge in [0.15, 0.2) is 6.61 Å².